The molecule has 5 nitrogen and oxygen atoms in total. The van der Waals surface area contributed by atoms with Gasteiger partial charge >= 0.3 is 0 Å². The van der Waals surface area contributed by atoms with E-state index in [1.165, 1.54) is 11.0 Å². The van der Waals surface area contributed by atoms with E-state index >= 15 is 0 Å². The van der Waals surface area contributed by atoms with Gasteiger partial charge in [-0.2, -0.15) is 0 Å². The van der Waals surface area contributed by atoms with Crippen LogP contribution in [0.25, 0.3) is 16.5 Å². The van der Waals surface area contributed by atoms with Crippen LogP contribution >= 0.6 is 0 Å². The largest absolute Gasteiger partial charge is 0.371 e. The number of para-hydroxylation sites is 1. The molecule has 0 aliphatic carbocycles. The minimum atomic E-state index is -0.247. The first-order valence-corrected chi connectivity index (χ1v) is 9.87. The van der Waals surface area contributed by atoms with Gasteiger partial charge in [0, 0.05) is 36.8 Å². The van der Waals surface area contributed by atoms with E-state index in [9.17, 15) is 0 Å². The summed E-state index contributed by atoms with van der Waals surface area (Å²) in [6.07, 6.45) is 6.69. The lowest BCUT2D eigenvalue weighted by molar-refractivity contribution is 0.0164. The van der Waals surface area contributed by atoms with Gasteiger partial charge < -0.3 is 9.64 Å². The van der Waals surface area contributed by atoms with Gasteiger partial charge in [0.05, 0.1) is 29.1 Å². The number of fused-ring (bicyclic) bond motifs is 1. The molecule has 0 spiro atoms. The molecule has 0 bridgehead atoms. The van der Waals surface area contributed by atoms with Crippen molar-refractivity contribution >= 4 is 22.3 Å². The van der Waals surface area contributed by atoms with Gasteiger partial charge in [-0.25, -0.2) is 4.98 Å². The van der Waals surface area contributed by atoms with Crippen LogP contribution in [-0.4, -0.2) is 40.2 Å². The van der Waals surface area contributed by atoms with Gasteiger partial charge in [0.2, 0.25) is 0 Å². The Bertz CT molecular complexity index is 1050. The van der Waals surface area contributed by atoms with Gasteiger partial charge in [0.25, 0.3) is 0 Å². The fourth-order valence-corrected chi connectivity index (χ4v) is 4.11. The van der Waals surface area contributed by atoms with Crippen LogP contribution in [0.15, 0.2) is 54.9 Å². The molecule has 1 aromatic carbocycles. The zero-order chi connectivity index (χ0) is 19.1. The Morgan fingerprint density at radius 2 is 1.86 bits per heavy atom. The Morgan fingerprint density at radius 1 is 1.04 bits per heavy atom. The van der Waals surface area contributed by atoms with Crippen molar-refractivity contribution in [2.24, 2.45) is 0 Å². The predicted octanol–water partition coefficient (Wildman–Crippen LogP) is 4.21. The van der Waals surface area contributed by atoms with E-state index in [1.54, 1.807) is 12.4 Å². The molecule has 2 aliphatic heterocycles. The van der Waals surface area contributed by atoms with E-state index in [4.69, 9.17) is 14.7 Å². The lowest BCUT2D eigenvalue weighted by Crippen LogP contribution is -2.46. The third-order valence-corrected chi connectivity index (χ3v) is 5.57. The number of aromatic nitrogens is 3. The molecule has 0 unspecified atom stereocenters. The molecular formula is C23H24N4O. The van der Waals surface area contributed by atoms with Crippen LogP contribution in [0.5, 0.6) is 0 Å². The summed E-state index contributed by atoms with van der Waals surface area (Å²) in [5.74, 6) is 1.41. The van der Waals surface area contributed by atoms with Crippen molar-refractivity contribution in [2.45, 2.75) is 31.8 Å². The van der Waals surface area contributed by atoms with Crippen LogP contribution in [0.4, 0.5) is 5.82 Å². The SMILES string of the molecule is CC1(C)C=C(c2nccnc2C2CN(c3ccc4ccccc4n3)C2)CCO1. The number of hydrogen-bond acceptors (Lipinski definition) is 5. The fraction of sp³-hybridized carbons (Fsp3) is 0.348. The fourth-order valence-electron chi connectivity index (χ4n) is 4.11. The zero-order valence-corrected chi connectivity index (χ0v) is 16.3. The Morgan fingerprint density at radius 3 is 2.71 bits per heavy atom. The molecule has 0 N–H and O–H groups in total. The van der Waals surface area contributed by atoms with Crippen molar-refractivity contribution in [1.29, 1.82) is 0 Å². The minimum absolute atomic E-state index is 0.247. The molecule has 1 fully saturated rings. The molecule has 1 saturated heterocycles. The molecule has 4 heterocycles. The second-order valence-corrected chi connectivity index (χ2v) is 8.13. The van der Waals surface area contributed by atoms with Crippen LogP contribution in [-0.2, 0) is 4.74 Å². The van der Waals surface area contributed by atoms with E-state index in [0.29, 0.717) is 5.92 Å². The third kappa shape index (κ3) is 3.16. The van der Waals surface area contributed by atoms with Crippen LogP contribution in [0.3, 0.4) is 0 Å². The smallest absolute Gasteiger partial charge is 0.129 e. The lowest BCUT2D eigenvalue weighted by Gasteiger charge is -2.40. The average Bonchev–Trinajstić information content (AvgIpc) is 2.66. The quantitative estimate of drug-likeness (QED) is 0.689. The first-order valence-electron chi connectivity index (χ1n) is 9.87. The number of benzene rings is 1. The van der Waals surface area contributed by atoms with Gasteiger partial charge in [0.1, 0.15) is 5.82 Å². The average molecular weight is 372 g/mol. The van der Waals surface area contributed by atoms with Crippen molar-refractivity contribution in [3.63, 3.8) is 0 Å². The molecule has 28 heavy (non-hydrogen) atoms. The van der Waals surface area contributed by atoms with Gasteiger partial charge in [0.15, 0.2) is 0 Å². The summed E-state index contributed by atoms with van der Waals surface area (Å²) in [4.78, 5) is 16.5. The second kappa shape index (κ2) is 6.67. The maximum atomic E-state index is 5.83. The Hall–Kier alpha value is -2.79. The topological polar surface area (TPSA) is 51.1 Å². The number of pyridine rings is 1. The second-order valence-electron chi connectivity index (χ2n) is 8.13. The summed E-state index contributed by atoms with van der Waals surface area (Å²) in [6, 6.07) is 12.5. The number of ether oxygens (including phenoxy) is 1. The van der Waals surface area contributed by atoms with Gasteiger partial charge in [-0.1, -0.05) is 18.2 Å². The molecule has 5 heteroatoms. The van der Waals surface area contributed by atoms with E-state index < -0.39 is 0 Å². The summed E-state index contributed by atoms with van der Waals surface area (Å²) in [5.41, 5.74) is 4.18. The molecule has 0 saturated carbocycles. The first-order chi connectivity index (χ1) is 13.6. The number of rotatable bonds is 3. The third-order valence-electron chi connectivity index (χ3n) is 5.57. The molecule has 142 valence electrons. The molecule has 0 radical (unpaired) electrons. The van der Waals surface area contributed by atoms with E-state index in [-0.39, 0.29) is 5.60 Å². The highest BCUT2D eigenvalue weighted by Gasteiger charge is 2.34. The number of anilines is 1. The van der Waals surface area contributed by atoms with E-state index in [2.05, 4.69) is 54.1 Å². The molecule has 5 rings (SSSR count). The van der Waals surface area contributed by atoms with Gasteiger partial charge in [-0.15, -0.1) is 0 Å². The van der Waals surface area contributed by atoms with Crippen molar-refractivity contribution in [3.8, 4) is 0 Å². The summed E-state index contributed by atoms with van der Waals surface area (Å²) < 4.78 is 5.83. The van der Waals surface area contributed by atoms with E-state index in [1.807, 2.05) is 12.1 Å². The molecule has 0 atom stereocenters. The first kappa shape index (κ1) is 17.3. The number of nitrogens with zero attached hydrogens (tertiary/aromatic N) is 4. The predicted molar refractivity (Wildman–Crippen MR) is 111 cm³/mol. The molecule has 3 aromatic rings. The van der Waals surface area contributed by atoms with Crippen molar-refractivity contribution in [1.82, 2.24) is 15.0 Å². The van der Waals surface area contributed by atoms with Crippen LogP contribution in [0.1, 0.15) is 37.6 Å². The monoisotopic (exact) mass is 372 g/mol. The van der Waals surface area contributed by atoms with Crippen LogP contribution in [0.2, 0.25) is 0 Å². The van der Waals surface area contributed by atoms with Gasteiger partial charge in [-0.3, -0.25) is 9.97 Å². The highest BCUT2D eigenvalue weighted by atomic mass is 16.5. The van der Waals surface area contributed by atoms with Crippen LogP contribution < -0.4 is 4.90 Å². The summed E-state index contributed by atoms with van der Waals surface area (Å²) >= 11 is 0. The summed E-state index contributed by atoms with van der Waals surface area (Å²) in [7, 11) is 0. The molecular weight excluding hydrogens is 348 g/mol. The van der Waals surface area contributed by atoms with E-state index in [0.717, 1.165) is 48.8 Å². The highest BCUT2D eigenvalue weighted by molar-refractivity contribution is 5.80. The minimum Gasteiger partial charge on any atom is -0.371 e. The molecule has 0 amide bonds. The highest BCUT2D eigenvalue weighted by Crippen LogP contribution is 2.36. The summed E-state index contributed by atoms with van der Waals surface area (Å²) in [6.45, 7) is 6.76. The Kier molecular flexibility index (Phi) is 4.13. The standard InChI is InChI=1S/C23H24N4O/c1-23(2)13-17(9-12-28-23)21-22(25-11-10-24-21)18-14-27(15-18)20-8-7-16-5-3-4-6-19(16)26-20/h3-8,10-11,13,18H,9,12,14-15H2,1-2H3. The van der Waals surface area contributed by atoms with Crippen molar-refractivity contribution in [3.05, 3.63) is 66.3 Å². The van der Waals surface area contributed by atoms with Crippen molar-refractivity contribution in [2.75, 3.05) is 24.6 Å². The van der Waals surface area contributed by atoms with Gasteiger partial charge in [-0.05, 0) is 50.1 Å². The summed E-state index contributed by atoms with van der Waals surface area (Å²) in [5, 5.41) is 1.17. The Balaban J connectivity index is 1.38. The normalized spacial score (nSPS) is 19.4. The van der Waals surface area contributed by atoms with Crippen molar-refractivity contribution < 1.29 is 4.74 Å². The number of hydrogen-bond donors (Lipinski definition) is 0. The maximum absolute atomic E-state index is 5.83. The maximum Gasteiger partial charge on any atom is 0.129 e. The zero-order valence-electron chi connectivity index (χ0n) is 16.3. The van der Waals surface area contributed by atoms with Crippen LogP contribution in [0, 0.1) is 0 Å². The Labute approximate surface area is 165 Å². The lowest BCUT2D eigenvalue weighted by atomic mass is 9.89. The molecule has 2 aliphatic rings. The molecule has 2 aromatic heterocycles.